The number of amides is 1. The number of Topliss-reactive ketones (excluding diaryl/α,β-unsaturated/α-hetero) is 1. The molecule has 42 heavy (non-hydrogen) atoms. The van der Waals surface area contributed by atoms with E-state index in [0.29, 0.717) is 61.8 Å². The standard InChI is InChI=1S/C30H33F4N5O3/c1-19-6-5-9-39(18-19)29-36-28(30(32,33)34)27(42-29)24(40)15-22-17-35-25(14-20(22)2)37-10-12-38(13-11-37)26(41)16-21-7-3-4-8-23(21)31/h3-4,7-8,14,17,19H,5-6,9-13,15-16,18H2,1-2H3. The number of halogens is 4. The Labute approximate surface area is 241 Å². The Morgan fingerprint density at radius 1 is 1.02 bits per heavy atom. The summed E-state index contributed by atoms with van der Waals surface area (Å²) in [6.07, 6.45) is -1.87. The molecule has 2 fully saturated rings. The molecule has 12 heteroatoms. The third-order valence-electron chi connectivity index (χ3n) is 7.88. The average Bonchev–Trinajstić information content (AvgIpc) is 3.42. The first-order chi connectivity index (χ1) is 20.0. The van der Waals surface area contributed by atoms with E-state index < -0.39 is 29.2 Å². The van der Waals surface area contributed by atoms with Crippen LogP contribution in [-0.2, 0) is 23.8 Å². The molecular weight excluding hydrogens is 554 g/mol. The number of rotatable bonds is 7. The van der Waals surface area contributed by atoms with Crippen molar-refractivity contribution in [2.75, 3.05) is 49.1 Å². The van der Waals surface area contributed by atoms with Crippen molar-refractivity contribution in [3.05, 3.63) is 70.5 Å². The number of aryl methyl sites for hydroxylation is 1. The predicted molar refractivity (Wildman–Crippen MR) is 148 cm³/mol. The van der Waals surface area contributed by atoms with Gasteiger partial charge in [-0.1, -0.05) is 25.1 Å². The zero-order chi connectivity index (χ0) is 30.0. The lowest BCUT2D eigenvalue weighted by Crippen LogP contribution is -2.49. The molecule has 2 aromatic heterocycles. The predicted octanol–water partition coefficient (Wildman–Crippen LogP) is 5.09. The molecule has 8 nitrogen and oxygen atoms in total. The number of hydrogen-bond acceptors (Lipinski definition) is 7. The molecule has 0 spiro atoms. The number of alkyl halides is 3. The van der Waals surface area contributed by atoms with E-state index >= 15 is 0 Å². The van der Waals surface area contributed by atoms with Gasteiger partial charge in [0.25, 0.3) is 6.01 Å². The maximum absolute atomic E-state index is 13.9. The smallest absolute Gasteiger partial charge is 0.420 e. The number of pyridine rings is 1. The Morgan fingerprint density at radius 3 is 2.43 bits per heavy atom. The molecule has 0 aliphatic carbocycles. The summed E-state index contributed by atoms with van der Waals surface area (Å²) in [5.41, 5.74) is 0.243. The van der Waals surface area contributed by atoms with Gasteiger partial charge in [0.1, 0.15) is 11.6 Å². The molecule has 0 radical (unpaired) electrons. The molecule has 2 aliphatic heterocycles. The largest absolute Gasteiger partial charge is 0.437 e. The van der Waals surface area contributed by atoms with E-state index in [1.807, 2.05) is 11.8 Å². The minimum atomic E-state index is -4.83. The summed E-state index contributed by atoms with van der Waals surface area (Å²) in [6.45, 7) is 6.73. The van der Waals surface area contributed by atoms with Gasteiger partial charge in [-0.2, -0.15) is 18.2 Å². The quantitative estimate of drug-likeness (QED) is 0.281. The third-order valence-corrected chi connectivity index (χ3v) is 7.88. The highest BCUT2D eigenvalue weighted by Gasteiger charge is 2.42. The van der Waals surface area contributed by atoms with Gasteiger partial charge in [0.15, 0.2) is 5.69 Å². The molecule has 5 rings (SSSR count). The van der Waals surface area contributed by atoms with Crippen LogP contribution in [0.2, 0.25) is 0 Å². The molecule has 1 unspecified atom stereocenters. The number of carbonyl (C=O) groups is 2. The van der Waals surface area contributed by atoms with Crippen LogP contribution in [-0.4, -0.2) is 65.8 Å². The van der Waals surface area contributed by atoms with Crippen LogP contribution in [0.5, 0.6) is 0 Å². The minimum Gasteiger partial charge on any atom is -0.420 e. The van der Waals surface area contributed by atoms with Gasteiger partial charge in [-0.05, 0) is 54.5 Å². The van der Waals surface area contributed by atoms with Crippen molar-refractivity contribution in [2.45, 2.75) is 45.7 Å². The summed E-state index contributed by atoms with van der Waals surface area (Å²) in [4.78, 5) is 39.3. The van der Waals surface area contributed by atoms with E-state index in [4.69, 9.17) is 4.42 Å². The average molecular weight is 588 g/mol. The van der Waals surface area contributed by atoms with Gasteiger partial charge in [0.2, 0.25) is 17.5 Å². The zero-order valence-corrected chi connectivity index (χ0v) is 23.6. The fourth-order valence-corrected chi connectivity index (χ4v) is 5.47. The van der Waals surface area contributed by atoms with Crippen molar-refractivity contribution in [2.24, 2.45) is 5.92 Å². The normalized spacial score (nSPS) is 18.0. The van der Waals surface area contributed by atoms with Crippen molar-refractivity contribution in [1.82, 2.24) is 14.9 Å². The number of piperazine rings is 1. The van der Waals surface area contributed by atoms with Crippen LogP contribution in [0.15, 0.2) is 40.9 Å². The van der Waals surface area contributed by atoms with E-state index in [9.17, 15) is 27.2 Å². The first-order valence-corrected chi connectivity index (χ1v) is 14.1. The second kappa shape index (κ2) is 12.1. The van der Waals surface area contributed by atoms with Gasteiger partial charge in [-0.25, -0.2) is 9.37 Å². The molecule has 0 N–H and O–H groups in total. The van der Waals surface area contributed by atoms with Crippen LogP contribution in [0.3, 0.4) is 0 Å². The van der Waals surface area contributed by atoms with Gasteiger partial charge < -0.3 is 19.1 Å². The molecule has 224 valence electrons. The Morgan fingerprint density at radius 2 is 1.76 bits per heavy atom. The number of piperidine rings is 1. The van der Waals surface area contributed by atoms with Gasteiger partial charge in [-0.3, -0.25) is 9.59 Å². The molecule has 2 aliphatic rings. The highest BCUT2D eigenvalue weighted by molar-refractivity contribution is 5.96. The summed E-state index contributed by atoms with van der Waals surface area (Å²) in [7, 11) is 0. The van der Waals surface area contributed by atoms with Gasteiger partial charge in [0, 0.05) is 51.9 Å². The summed E-state index contributed by atoms with van der Waals surface area (Å²) in [6, 6.07) is 7.82. The van der Waals surface area contributed by atoms with E-state index in [0.717, 1.165) is 12.8 Å². The van der Waals surface area contributed by atoms with Crippen molar-refractivity contribution >= 4 is 23.5 Å². The van der Waals surface area contributed by atoms with Gasteiger partial charge in [0.05, 0.1) is 6.42 Å². The maximum atomic E-state index is 13.9. The van der Waals surface area contributed by atoms with Crippen LogP contribution in [0.1, 0.15) is 52.7 Å². The van der Waals surface area contributed by atoms with E-state index in [2.05, 4.69) is 9.97 Å². The van der Waals surface area contributed by atoms with Crippen LogP contribution in [0.4, 0.5) is 29.4 Å². The number of oxazole rings is 1. The minimum absolute atomic E-state index is 0.00730. The summed E-state index contributed by atoms with van der Waals surface area (Å²) >= 11 is 0. The number of anilines is 2. The highest BCUT2D eigenvalue weighted by Crippen LogP contribution is 2.36. The molecule has 0 bridgehead atoms. The van der Waals surface area contributed by atoms with E-state index in [1.165, 1.54) is 12.3 Å². The molecule has 1 aromatic carbocycles. The number of benzene rings is 1. The Kier molecular flexibility index (Phi) is 8.51. The third kappa shape index (κ3) is 6.57. The topological polar surface area (TPSA) is 82.8 Å². The van der Waals surface area contributed by atoms with E-state index in [1.54, 1.807) is 41.0 Å². The van der Waals surface area contributed by atoms with Crippen LogP contribution >= 0.6 is 0 Å². The lowest BCUT2D eigenvalue weighted by atomic mass is 10.0. The van der Waals surface area contributed by atoms with Gasteiger partial charge >= 0.3 is 6.18 Å². The van der Waals surface area contributed by atoms with Crippen molar-refractivity contribution in [1.29, 1.82) is 0 Å². The fraction of sp³-hybridized carbons (Fsp3) is 0.467. The first kappa shape index (κ1) is 29.5. The Hall–Kier alpha value is -3.96. The van der Waals surface area contributed by atoms with Crippen LogP contribution in [0.25, 0.3) is 0 Å². The fourth-order valence-electron chi connectivity index (χ4n) is 5.47. The molecule has 4 heterocycles. The first-order valence-electron chi connectivity index (χ1n) is 14.1. The summed E-state index contributed by atoms with van der Waals surface area (Å²) in [5, 5.41) is 0. The summed E-state index contributed by atoms with van der Waals surface area (Å²) in [5.74, 6) is -1.23. The number of nitrogens with zero attached hydrogens (tertiary/aromatic N) is 5. The molecule has 1 amide bonds. The van der Waals surface area contributed by atoms with Crippen LogP contribution in [0, 0.1) is 18.7 Å². The molecule has 3 aromatic rings. The monoisotopic (exact) mass is 587 g/mol. The molecule has 0 saturated carbocycles. The number of aromatic nitrogens is 2. The van der Waals surface area contributed by atoms with E-state index in [-0.39, 0.29) is 30.7 Å². The number of ketones is 1. The number of hydrogen-bond donors (Lipinski definition) is 0. The highest BCUT2D eigenvalue weighted by atomic mass is 19.4. The second-order valence-electron chi connectivity index (χ2n) is 11.1. The summed E-state index contributed by atoms with van der Waals surface area (Å²) < 4.78 is 60.8. The Balaban J connectivity index is 1.23. The maximum Gasteiger partial charge on any atom is 0.437 e. The lowest BCUT2D eigenvalue weighted by molar-refractivity contribution is -0.141. The van der Waals surface area contributed by atoms with Crippen LogP contribution < -0.4 is 9.80 Å². The van der Waals surface area contributed by atoms with Crippen molar-refractivity contribution in [3.63, 3.8) is 0 Å². The van der Waals surface area contributed by atoms with Crippen molar-refractivity contribution < 1.29 is 31.6 Å². The zero-order valence-electron chi connectivity index (χ0n) is 23.6. The lowest BCUT2D eigenvalue weighted by Gasteiger charge is -2.35. The SMILES string of the molecule is Cc1cc(N2CCN(C(=O)Cc3ccccc3F)CC2)ncc1CC(=O)c1oc(N2CCCC(C)C2)nc1C(F)(F)F. The number of carbonyl (C=O) groups excluding carboxylic acids is 2. The van der Waals surface area contributed by atoms with Gasteiger partial charge in [-0.15, -0.1) is 0 Å². The molecular formula is C30H33F4N5O3. The second-order valence-corrected chi connectivity index (χ2v) is 11.1. The van der Waals surface area contributed by atoms with Crippen molar-refractivity contribution in [3.8, 4) is 0 Å². The molecule has 2 saturated heterocycles. The molecule has 1 atom stereocenters. The Bertz CT molecular complexity index is 1450.